The number of fused-ring (bicyclic) bond motifs is 4. The molecule has 2 aromatic rings. The van der Waals surface area contributed by atoms with Gasteiger partial charge in [0.25, 0.3) is 0 Å². The molecule has 2 heterocycles. The van der Waals surface area contributed by atoms with Gasteiger partial charge in [0.1, 0.15) is 0 Å². The molecule has 96 valence electrons. The molecule has 0 fully saturated rings. The zero-order chi connectivity index (χ0) is 12.7. The molecule has 0 aliphatic carbocycles. The van der Waals surface area contributed by atoms with E-state index in [4.69, 9.17) is 0 Å². The lowest BCUT2D eigenvalue weighted by Gasteiger charge is -2.38. The number of anilines is 3. The van der Waals surface area contributed by atoms with Crippen LogP contribution in [0, 0.1) is 0 Å². The van der Waals surface area contributed by atoms with E-state index in [9.17, 15) is 0 Å². The predicted molar refractivity (Wildman–Crippen MR) is 79.8 cm³/mol. The number of nitrogens with zero attached hydrogens (tertiary/aromatic N) is 1. The van der Waals surface area contributed by atoms with Gasteiger partial charge in [0.2, 0.25) is 0 Å². The molecule has 0 saturated heterocycles. The Hall–Kier alpha value is -2.16. The second kappa shape index (κ2) is 4.19. The summed E-state index contributed by atoms with van der Waals surface area (Å²) in [5, 5.41) is 7.11. The topological polar surface area (TPSA) is 27.3 Å². The Bertz CT molecular complexity index is 608. The van der Waals surface area contributed by atoms with Crippen molar-refractivity contribution in [2.45, 2.75) is 12.6 Å². The van der Waals surface area contributed by atoms with E-state index in [-0.39, 0.29) is 0 Å². The summed E-state index contributed by atoms with van der Waals surface area (Å²) in [4.78, 5) is 2.52. The second-order valence-electron chi connectivity index (χ2n) is 5.22. The van der Waals surface area contributed by atoms with Gasteiger partial charge in [0.15, 0.2) is 0 Å². The minimum absolute atomic E-state index is 0.502. The van der Waals surface area contributed by atoms with Crippen molar-refractivity contribution in [1.29, 1.82) is 0 Å². The first-order chi connectivity index (χ1) is 9.42. The highest BCUT2D eigenvalue weighted by molar-refractivity contribution is 5.74. The SMILES string of the molecule is c1ccc2c(c1)CN1c3ccccc3NCC1CN2. The summed E-state index contributed by atoms with van der Waals surface area (Å²) in [7, 11) is 0. The molecular weight excluding hydrogens is 234 g/mol. The molecular formula is C16H17N3. The predicted octanol–water partition coefficient (Wildman–Crippen LogP) is 2.91. The van der Waals surface area contributed by atoms with Crippen LogP contribution in [-0.4, -0.2) is 19.1 Å². The highest BCUT2D eigenvalue weighted by atomic mass is 15.2. The van der Waals surface area contributed by atoms with Crippen LogP contribution in [0.15, 0.2) is 48.5 Å². The summed E-state index contributed by atoms with van der Waals surface area (Å²) in [5.41, 5.74) is 5.21. The number of benzene rings is 2. The maximum Gasteiger partial charge on any atom is 0.0639 e. The number of hydrogen-bond acceptors (Lipinski definition) is 3. The van der Waals surface area contributed by atoms with Crippen LogP contribution < -0.4 is 15.5 Å². The molecule has 2 aliphatic rings. The molecule has 0 bridgehead atoms. The van der Waals surface area contributed by atoms with Gasteiger partial charge in [-0.05, 0) is 23.8 Å². The van der Waals surface area contributed by atoms with Crippen molar-refractivity contribution in [3.05, 3.63) is 54.1 Å². The lowest BCUT2D eigenvalue weighted by atomic mass is 10.1. The van der Waals surface area contributed by atoms with Crippen LogP contribution in [0.1, 0.15) is 5.56 Å². The van der Waals surface area contributed by atoms with Crippen LogP contribution >= 0.6 is 0 Å². The van der Waals surface area contributed by atoms with E-state index in [2.05, 4.69) is 64.1 Å². The molecule has 0 saturated carbocycles. The zero-order valence-corrected chi connectivity index (χ0v) is 10.8. The Morgan fingerprint density at radius 3 is 2.42 bits per heavy atom. The first kappa shape index (κ1) is 10.7. The Morgan fingerprint density at radius 2 is 1.53 bits per heavy atom. The lowest BCUT2D eigenvalue weighted by molar-refractivity contribution is 0.630. The van der Waals surface area contributed by atoms with Gasteiger partial charge in [0, 0.05) is 25.3 Å². The second-order valence-corrected chi connectivity index (χ2v) is 5.22. The fraction of sp³-hybridized carbons (Fsp3) is 0.250. The van der Waals surface area contributed by atoms with Crippen molar-refractivity contribution in [2.75, 3.05) is 28.6 Å². The third-order valence-corrected chi connectivity index (χ3v) is 4.07. The zero-order valence-electron chi connectivity index (χ0n) is 10.8. The van der Waals surface area contributed by atoms with Crippen LogP contribution in [0.25, 0.3) is 0 Å². The quantitative estimate of drug-likeness (QED) is 0.754. The average Bonchev–Trinajstić information content (AvgIpc) is 2.66. The van der Waals surface area contributed by atoms with E-state index < -0.39 is 0 Å². The molecule has 0 radical (unpaired) electrons. The summed E-state index contributed by atoms with van der Waals surface area (Å²) in [6.45, 7) is 2.96. The third kappa shape index (κ3) is 1.73. The fourth-order valence-electron chi connectivity index (χ4n) is 3.05. The maximum atomic E-state index is 3.57. The van der Waals surface area contributed by atoms with Gasteiger partial charge >= 0.3 is 0 Å². The van der Waals surface area contributed by atoms with Gasteiger partial charge < -0.3 is 15.5 Å². The highest BCUT2D eigenvalue weighted by Crippen LogP contribution is 2.35. The number of nitrogens with one attached hydrogen (secondary N) is 2. The number of rotatable bonds is 0. The molecule has 1 atom stereocenters. The van der Waals surface area contributed by atoms with Crippen molar-refractivity contribution in [1.82, 2.24) is 0 Å². The molecule has 2 aromatic carbocycles. The Kier molecular flexibility index (Phi) is 2.37. The Balaban J connectivity index is 1.78. The first-order valence-corrected chi connectivity index (χ1v) is 6.83. The minimum atomic E-state index is 0.502. The summed E-state index contributed by atoms with van der Waals surface area (Å²) in [6, 6.07) is 17.7. The van der Waals surface area contributed by atoms with E-state index in [1.54, 1.807) is 0 Å². The Labute approximate surface area is 113 Å². The van der Waals surface area contributed by atoms with Crippen LogP contribution in [0.3, 0.4) is 0 Å². The lowest BCUT2D eigenvalue weighted by Crippen LogP contribution is -2.46. The fourth-order valence-corrected chi connectivity index (χ4v) is 3.05. The van der Waals surface area contributed by atoms with Gasteiger partial charge in [-0.15, -0.1) is 0 Å². The minimum Gasteiger partial charge on any atom is -0.383 e. The molecule has 2 N–H and O–H groups in total. The molecule has 0 aromatic heterocycles. The van der Waals surface area contributed by atoms with Crippen molar-refractivity contribution in [2.24, 2.45) is 0 Å². The standard InChI is InChI=1S/C16H17N3/c1-2-6-14-12(5-1)11-19-13(9-17-14)10-18-15-7-3-4-8-16(15)19/h1-8,13,17-18H,9-11H2. The number of para-hydroxylation sites is 3. The number of hydrogen-bond donors (Lipinski definition) is 2. The van der Waals surface area contributed by atoms with E-state index in [1.165, 1.54) is 22.6 Å². The Morgan fingerprint density at radius 1 is 0.842 bits per heavy atom. The first-order valence-electron chi connectivity index (χ1n) is 6.83. The molecule has 3 nitrogen and oxygen atoms in total. The summed E-state index contributed by atoms with van der Waals surface area (Å²) in [6.07, 6.45) is 0. The molecule has 1 unspecified atom stereocenters. The molecule has 19 heavy (non-hydrogen) atoms. The van der Waals surface area contributed by atoms with Gasteiger partial charge in [-0.2, -0.15) is 0 Å². The normalized spacial score (nSPS) is 20.2. The van der Waals surface area contributed by atoms with Crippen LogP contribution in [0.5, 0.6) is 0 Å². The smallest absolute Gasteiger partial charge is 0.0639 e. The van der Waals surface area contributed by atoms with Gasteiger partial charge in [-0.1, -0.05) is 30.3 Å². The van der Waals surface area contributed by atoms with E-state index in [1.807, 2.05) is 0 Å². The third-order valence-electron chi connectivity index (χ3n) is 4.07. The van der Waals surface area contributed by atoms with E-state index in [0.717, 1.165) is 19.6 Å². The van der Waals surface area contributed by atoms with Crippen LogP contribution in [-0.2, 0) is 6.54 Å². The highest BCUT2D eigenvalue weighted by Gasteiger charge is 2.28. The molecule has 0 spiro atoms. The van der Waals surface area contributed by atoms with Crippen molar-refractivity contribution in [3.63, 3.8) is 0 Å². The molecule has 2 aliphatic heterocycles. The monoisotopic (exact) mass is 251 g/mol. The maximum absolute atomic E-state index is 3.57. The van der Waals surface area contributed by atoms with Crippen LogP contribution in [0.2, 0.25) is 0 Å². The molecule has 4 rings (SSSR count). The van der Waals surface area contributed by atoms with Gasteiger partial charge in [0.05, 0.1) is 17.4 Å². The van der Waals surface area contributed by atoms with E-state index in [0.29, 0.717) is 6.04 Å². The van der Waals surface area contributed by atoms with Crippen molar-refractivity contribution >= 4 is 17.1 Å². The van der Waals surface area contributed by atoms with Crippen molar-refractivity contribution < 1.29 is 0 Å². The summed E-state index contributed by atoms with van der Waals surface area (Å²) >= 11 is 0. The van der Waals surface area contributed by atoms with Crippen LogP contribution in [0.4, 0.5) is 17.1 Å². The van der Waals surface area contributed by atoms with Crippen molar-refractivity contribution in [3.8, 4) is 0 Å². The largest absolute Gasteiger partial charge is 0.383 e. The average molecular weight is 251 g/mol. The van der Waals surface area contributed by atoms with Gasteiger partial charge in [-0.3, -0.25) is 0 Å². The van der Waals surface area contributed by atoms with E-state index >= 15 is 0 Å². The molecule has 0 amide bonds. The summed E-state index contributed by atoms with van der Waals surface area (Å²) < 4.78 is 0. The summed E-state index contributed by atoms with van der Waals surface area (Å²) in [5.74, 6) is 0. The molecule has 3 heteroatoms. The van der Waals surface area contributed by atoms with Gasteiger partial charge in [-0.25, -0.2) is 0 Å².